The Kier molecular flexibility index (Phi) is 6.52. The van der Waals surface area contributed by atoms with Gasteiger partial charge in [0.25, 0.3) is 5.91 Å². The molecule has 1 saturated heterocycles. The summed E-state index contributed by atoms with van der Waals surface area (Å²) in [5.41, 5.74) is 1.05. The summed E-state index contributed by atoms with van der Waals surface area (Å²) in [7, 11) is 0. The van der Waals surface area contributed by atoms with Crippen LogP contribution in [0.2, 0.25) is 0 Å². The van der Waals surface area contributed by atoms with Crippen molar-refractivity contribution >= 4 is 52.0 Å². The van der Waals surface area contributed by atoms with Gasteiger partial charge in [0.2, 0.25) is 0 Å². The predicted octanol–water partition coefficient (Wildman–Crippen LogP) is 4.36. The molecule has 6 nitrogen and oxygen atoms in total. The first-order valence-electron chi connectivity index (χ1n) is 9.70. The number of fused-ring (bicyclic) bond motifs is 1. The number of rotatable bonds is 4. The van der Waals surface area contributed by atoms with Gasteiger partial charge in [0.05, 0.1) is 17.1 Å². The van der Waals surface area contributed by atoms with Gasteiger partial charge in [-0.05, 0) is 23.6 Å². The molecule has 0 saturated carbocycles. The van der Waals surface area contributed by atoms with E-state index in [1.807, 2.05) is 18.2 Å². The molecule has 3 aromatic heterocycles. The molecule has 4 heterocycles. The lowest BCUT2D eigenvalue weighted by molar-refractivity contribution is 0.0624. The summed E-state index contributed by atoms with van der Waals surface area (Å²) in [4.78, 5) is 35.1. The zero-order valence-electron chi connectivity index (χ0n) is 16.5. The fourth-order valence-corrected chi connectivity index (χ4v) is 5.20. The van der Waals surface area contributed by atoms with E-state index in [2.05, 4.69) is 21.7 Å². The Morgan fingerprint density at radius 3 is 2.65 bits per heavy atom. The van der Waals surface area contributed by atoms with Crippen LogP contribution in [0.25, 0.3) is 21.5 Å². The highest BCUT2D eigenvalue weighted by molar-refractivity contribution is 7.14. The Labute approximate surface area is 193 Å². The minimum Gasteiger partial charge on any atom is -0.422 e. The third kappa shape index (κ3) is 4.57. The number of hydrogen-bond acceptors (Lipinski definition) is 7. The number of benzene rings is 1. The Hall–Kier alpha value is -2.52. The van der Waals surface area contributed by atoms with E-state index in [4.69, 9.17) is 9.40 Å². The zero-order valence-corrected chi connectivity index (χ0v) is 19.0. The quantitative estimate of drug-likeness (QED) is 0.412. The molecule has 1 aliphatic heterocycles. The average Bonchev–Trinajstić information content (AvgIpc) is 3.45. The molecule has 160 valence electrons. The summed E-state index contributed by atoms with van der Waals surface area (Å²) in [6.45, 7) is 3.43. The molecule has 1 aromatic carbocycles. The highest BCUT2D eigenvalue weighted by atomic mass is 35.5. The molecular formula is C22H20ClN3O3S2. The van der Waals surface area contributed by atoms with Crippen molar-refractivity contribution in [3.63, 3.8) is 0 Å². The molecule has 0 spiro atoms. The normalized spacial score (nSPS) is 14.5. The molecule has 0 bridgehead atoms. The van der Waals surface area contributed by atoms with Gasteiger partial charge in [0, 0.05) is 36.9 Å². The van der Waals surface area contributed by atoms with Crippen molar-refractivity contribution in [1.82, 2.24) is 14.8 Å². The summed E-state index contributed by atoms with van der Waals surface area (Å²) in [5, 5.41) is 5.98. The van der Waals surface area contributed by atoms with Crippen LogP contribution in [0.5, 0.6) is 0 Å². The number of aromatic nitrogens is 1. The lowest BCUT2D eigenvalue weighted by atomic mass is 10.1. The number of carbonyl (C=O) groups excluding carboxylic acids is 1. The second-order valence-corrected chi connectivity index (χ2v) is 9.05. The second kappa shape index (κ2) is 9.32. The van der Waals surface area contributed by atoms with Crippen LogP contribution in [0, 0.1) is 0 Å². The lowest BCUT2D eigenvalue weighted by Crippen LogP contribution is -2.49. The number of halogens is 1. The molecule has 5 rings (SSSR count). The van der Waals surface area contributed by atoms with E-state index in [1.54, 1.807) is 45.8 Å². The van der Waals surface area contributed by atoms with E-state index >= 15 is 0 Å². The third-order valence-electron chi connectivity index (χ3n) is 5.22. The van der Waals surface area contributed by atoms with Gasteiger partial charge in [0.1, 0.15) is 16.2 Å². The van der Waals surface area contributed by atoms with Crippen molar-refractivity contribution in [3.8, 4) is 10.6 Å². The topological polar surface area (TPSA) is 66.7 Å². The molecule has 1 fully saturated rings. The zero-order chi connectivity index (χ0) is 20.5. The standard InChI is InChI=1S/C22H19N3O3S2.ClH/c26-21(16-12-15-4-1-2-5-18(15)28-22(16)27)25-9-7-24(8-10-25)13-20-23-17(14-30-20)19-6-3-11-29-19;/h1-6,11-12,14H,7-10,13H2;1H. The Balaban J connectivity index is 0.00000231. The molecule has 4 aromatic rings. The molecule has 0 atom stereocenters. The SMILES string of the molecule is Cl.O=C(c1cc2ccccc2oc1=O)N1CCN(Cc2nc(-c3cccs3)cs2)CC1. The predicted molar refractivity (Wildman–Crippen MR) is 126 cm³/mol. The lowest BCUT2D eigenvalue weighted by Gasteiger charge is -2.34. The fourth-order valence-electron chi connectivity index (χ4n) is 3.60. The fraction of sp³-hybridized carbons (Fsp3) is 0.227. The number of para-hydroxylation sites is 1. The van der Waals surface area contributed by atoms with Gasteiger partial charge in [-0.25, -0.2) is 9.78 Å². The third-order valence-corrected chi connectivity index (χ3v) is 6.94. The number of nitrogens with zero attached hydrogens (tertiary/aromatic N) is 3. The van der Waals surface area contributed by atoms with Gasteiger partial charge < -0.3 is 9.32 Å². The Morgan fingerprint density at radius 2 is 1.87 bits per heavy atom. The number of carbonyl (C=O) groups is 1. The minimum atomic E-state index is -0.579. The maximum atomic E-state index is 12.9. The van der Waals surface area contributed by atoms with Gasteiger partial charge in [-0.15, -0.1) is 35.1 Å². The number of amides is 1. The summed E-state index contributed by atoms with van der Waals surface area (Å²) < 4.78 is 5.32. The van der Waals surface area contributed by atoms with E-state index < -0.39 is 5.63 Å². The van der Waals surface area contributed by atoms with Crippen molar-refractivity contribution in [2.75, 3.05) is 26.2 Å². The molecule has 0 N–H and O–H groups in total. The first-order valence-corrected chi connectivity index (χ1v) is 11.5. The van der Waals surface area contributed by atoms with Gasteiger partial charge in [-0.2, -0.15) is 0 Å². The number of piperazine rings is 1. The molecule has 0 unspecified atom stereocenters. The van der Waals surface area contributed by atoms with Crippen LogP contribution < -0.4 is 5.63 Å². The molecule has 1 amide bonds. The Morgan fingerprint density at radius 1 is 1.06 bits per heavy atom. The van der Waals surface area contributed by atoms with Crippen LogP contribution in [0.15, 0.2) is 62.4 Å². The van der Waals surface area contributed by atoms with Crippen LogP contribution in [0.1, 0.15) is 15.4 Å². The maximum Gasteiger partial charge on any atom is 0.349 e. The van der Waals surface area contributed by atoms with Crippen LogP contribution in [-0.2, 0) is 6.54 Å². The largest absolute Gasteiger partial charge is 0.422 e. The molecule has 1 aliphatic rings. The smallest absolute Gasteiger partial charge is 0.349 e. The molecule has 0 aliphatic carbocycles. The average molecular weight is 474 g/mol. The van der Waals surface area contributed by atoms with E-state index in [0.29, 0.717) is 18.7 Å². The van der Waals surface area contributed by atoms with Crippen LogP contribution in [0.4, 0.5) is 0 Å². The second-order valence-electron chi connectivity index (χ2n) is 7.16. The first-order chi connectivity index (χ1) is 14.7. The van der Waals surface area contributed by atoms with Crippen LogP contribution in [-0.4, -0.2) is 46.9 Å². The van der Waals surface area contributed by atoms with Gasteiger partial charge >= 0.3 is 5.63 Å². The van der Waals surface area contributed by atoms with Gasteiger partial charge in [-0.3, -0.25) is 9.69 Å². The number of thiazole rings is 1. The highest BCUT2D eigenvalue weighted by Crippen LogP contribution is 2.26. The number of thiophene rings is 1. The summed E-state index contributed by atoms with van der Waals surface area (Å²) in [6.07, 6.45) is 0. The van der Waals surface area contributed by atoms with Crippen molar-refractivity contribution in [2.45, 2.75) is 6.54 Å². The molecular weight excluding hydrogens is 454 g/mol. The van der Waals surface area contributed by atoms with E-state index in [9.17, 15) is 9.59 Å². The first kappa shape index (κ1) is 21.7. The van der Waals surface area contributed by atoms with Crippen molar-refractivity contribution in [3.05, 3.63) is 74.2 Å². The monoisotopic (exact) mass is 473 g/mol. The molecule has 9 heteroatoms. The van der Waals surface area contributed by atoms with Crippen molar-refractivity contribution < 1.29 is 9.21 Å². The maximum absolute atomic E-state index is 12.9. The molecule has 31 heavy (non-hydrogen) atoms. The summed E-state index contributed by atoms with van der Waals surface area (Å²) >= 11 is 3.36. The Bertz CT molecular complexity index is 1240. The van der Waals surface area contributed by atoms with Gasteiger partial charge in [-0.1, -0.05) is 24.3 Å². The summed E-state index contributed by atoms with van der Waals surface area (Å²) in [6, 6.07) is 13.0. The van der Waals surface area contributed by atoms with E-state index in [1.165, 1.54) is 4.88 Å². The van der Waals surface area contributed by atoms with Crippen molar-refractivity contribution in [2.24, 2.45) is 0 Å². The number of hydrogen-bond donors (Lipinski definition) is 0. The van der Waals surface area contributed by atoms with E-state index in [-0.39, 0.29) is 23.9 Å². The highest BCUT2D eigenvalue weighted by Gasteiger charge is 2.25. The minimum absolute atomic E-state index is 0. The van der Waals surface area contributed by atoms with Crippen LogP contribution in [0.3, 0.4) is 0 Å². The van der Waals surface area contributed by atoms with Crippen molar-refractivity contribution in [1.29, 1.82) is 0 Å². The summed E-state index contributed by atoms with van der Waals surface area (Å²) in [5.74, 6) is -0.261. The van der Waals surface area contributed by atoms with Crippen LogP contribution >= 0.6 is 35.1 Å². The van der Waals surface area contributed by atoms with Gasteiger partial charge in [0.15, 0.2) is 0 Å². The molecule has 0 radical (unpaired) electrons. The van der Waals surface area contributed by atoms with E-state index in [0.717, 1.165) is 35.7 Å².